The minimum atomic E-state index is -0.469. The summed E-state index contributed by atoms with van der Waals surface area (Å²) < 4.78 is 0. The highest BCUT2D eigenvalue weighted by atomic mass is 14.6. The minimum absolute atomic E-state index is 0.363. The smallest absolute Gasteiger partial charge is 0.0764 e. The van der Waals surface area contributed by atoms with Gasteiger partial charge in [0, 0.05) is 6.54 Å². The predicted octanol–water partition coefficient (Wildman–Crippen LogP) is 1.61. The van der Waals surface area contributed by atoms with E-state index >= 15 is 0 Å². The Morgan fingerprint density at radius 3 is 2.00 bits per heavy atom. The Bertz CT molecular complexity index is 166. The summed E-state index contributed by atoms with van der Waals surface area (Å²) in [6, 6.07) is 2.20. The summed E-state index contributed by atoms with van der Waals surface area (Å²) in [5.74, 6) is 0. The molecule has 0 aliphatic heterocycles. The van der Waals surface area contributed by atoms with Crippen molar-refractivity contribution in [2.75, 3.05) is 6.54 Å². The lowest BCUT2D eigenvalue weighted by Gasteiger charge is -2.20. The fourth-order valence-corrected chi connectivity index (χ4v) is 0.940. The van der Waals surface area contributed by atoms with E-state index in [1.54, 1.807) is 12.2 Å². The fraction of sp³-hybridized carbons (Fsp3) is 0.444. The molecule has 11 heavy (non-hydrogen) atoms. The molecule has 0 fully saturated rings. The summed E-state index contributed by atoms with van der Waals surface area (Å²) in [6.45, 7) is 7.53. The van der Waals surface area contributed by atoms with E-state index in [2.05, 4.69) is 19.2 Å². The van der Waals surface area contributed by atoms with Gasteiger partial charge in [-0.25, -0.2) is 0 Å². The minimum Gasteiger partial charge on any atom is -0.329 e. The molecule has 2 heteroatoms. The van der Waals surface area contributed by atoms with E-state index in [1.807, 2.05) is 0 Å². The van der Waals surface area contributed by atoms with Crippen molar-refractivity contribution in [1.82, 2.24) is 0 Å². The Kier molecular flexibility index (Phi) is 4.24. The van der Waals surface area contributed by atoms with Crippen molar-refractivity contribution < 1.29 is 0 Å². The SMILES string of the molecule is C=CCC(C#N)(CN)CC=C. The first kappa shape index (κ1) is 9.93. The van der Waals surface area contributed by atoms with Crippen molar-refractivity contribution in [3.8, 4) is 6.07 Å². The van der Waals surface area contributed by atoms with Crippen molar-refractivity contribution in [3.05, 3.63) is 25.3 Å². The van der Waals surface area contributed by atoms with Crippen molar-refractivity contribution in [2.45, 2.75) is 12.8 Å². The van der Waals surface area contributed by atoms with Crippen LogP contribution < -0.4 is 5.73 Å². The third-order valence-corrected chi connectivity index (χ3v) is 1.70. The van der Waals surface area contributed by atoms with Gasteiger partial charge in [-0.15, -0.1) is 13.2 Å². The lowest BCUT2D eigenvalue weighted by atomic mass is 9.83. The number of hydrogen-bond acceptors (Lipinski definition) is 2. The molecule has 0 atom stereocenters. The number of rotatable bonds is 5. The van der Waals surface area contributed by atoms with Gasteiger partial charge in [0.15, 0.2) is 0 Å². The van der Waals surface area contributed by atoms with Crippen LogP contribution in [0, 0.1) is 16.7 Å². The second-order valence-corrected chi connectivity index (χ2v) is 2.58. The number of allylic oxidation sites excluding steroid dienone is 2. The molecule has 0 aliphatic rings. The van der Waals surface area contributed by atoms with Crippen LogP contribution in [0.25, 0.3) is 0 Å². The first-order valence-corrected chi connectivity index (χ1v) is 3.58. The molecule has 0 unspecified atom stereocenters. The molecule has 0 radical (unpaired) electrons. The quantitative estimate of drug-likeness (QED) is 0.605. The molecule has 0 aromatic heterocycles. The van der Waals surface area contributed by atoms with Crippen molar-refractivity contribution >= 4 is 0 Å². The zero-order valence-electron chi connectivity index (χ0n) is 6.71. The number of hydrogen-bond donors (Lipinski definition) is 1. The molecule has 0 aliphatic carbocycles. The standard InChI is InChI=1S/C9H14N2/c1-3-5-9(7-10,8-11)6-4-2/h3-4H,1-2,5-7,10H2. The van der Waals surface area contributed by atoms with Crippen LogP contribution in [0.3, 0.4) is 0 Å². The molecule has 0 spiro atoms. The molecule has 60 valence electrons. The zero-order chi connectivity index (χ0) is 8.74. The van der Waals surface area contributed by atoms with E-state index in [9.17, 15) is 0 Å². The summed E-state index contributed by atoms with van der Waals surface area (Å²) in [7, 11) is 0. The second kappa shape index (κ2) is 4.70. The molecule has 0 heterocycles. The molecule has 0 rings (SSSR count). The van der Waals surface area contributed by atoms with Crippen LogP contribution >= 0.6 is 0 Å². The number of nitriles is 1. The molecule has 0 saturated carbocycles. The lowest BCUT2D eigenvalue weighted by Crippen LogP contribution is -2.27. The van der Waals surface area contributed by atoms with Crippen LogP contribution in [0.5, 0.6) is 0 Å². The predicted molar refractivity (Wildman–Crippen MR) is 46.7 cm³/mol. The number of nitrogens with zero attached hydrogens (tertiary/aromatic N) is 1. The third-order valence-electron chi connectivity index (χ3n) is 1.70. The van der Waals surface area contributed by atoms with E-state index < -0.39 is 5.41 Å². The van der Waals surface area contributed by atoms with Crippen molar-refractivity contribution in [2.24, 2.45) is 11.1 Å². The molecule has 0 bridgehead atoms. The van der Waals surface area contributed by atoms with Gasteiger partial charge in [-0.05, 0) is 12.8 Å². The van der Waals surface area contributed by atoms with Crippen LogP contribution in [0.4, 0.5) is 0 Å². The Hall–Kier alpha value is -1.07. The van der Waals surface area contributed by atoms with Gasteiger partial charge >= 0.3 is 0 Å². The number of nitrogens with two attached hydrogens (primary N) is 1. The largest absolute Gasteiger partial charge is 0.329 e. The summed E-state index contributed by atoms with van der Waals surface area (Å²) in [5.41, 5.74) is 5.00. The molecule has 2 N–H and O–H groups in total. The summed E-state index contributed by atoms with van der Waals surface area (Å²) in [5, 5.41) is 8.81. The van der Waals surface area contributed by atoms with Gasteiger partial charge in [-0.3, -0.25) is 0 Å². The van der Waals surface area contributed by atoms with Gasteiger partial charge in [0.1, 0.15) is 0 Å². The molecule has 2 nitrogen and oxygen atoms in total. The highest BCUT2D eigenvalue weighted by Crippen LogP contribution is 2.24. The summed E-state index contributed by atoms with van der Waals surface area (Å²) >= 11 is 0. The van der Waals surface area contributed by atoms with E-state index in [1.165, 1.54) is 0 Å². The monoisotopic (exact) mass is 150 g/mol. The normalized spacial score (nSPS) is 10.2. The van der Waals surface area contributed by atoms with Crippen molar-refractivity contribution in [3.63, 3.8) is 0 Å². The van der Waals surface area contributed by atoms with E-state index in [-0.39, 0.29) is 0 Å². The van der Waals surface area contributed by atoms with Crippen LogP contribution in [-0.2, 0) is 0 Å². The highest BCUT2D eigenvalue weighted by Gasteiger charge is 2.24. The van der Waals surface area contributed by atoms with Crippen LogP contribution in [-0.4, -0.2) is 6.54 Å². The average molecular weight is 150 g/mol. The topological polar surface area (TPSA) is 49.8 Å². The molecular formula is C9H14N2. The van der Waals surface area contributed by atoms with Gasteiger partial charge in [-0.1, -0.05) is 12.2 Å². The summed E-state index contributed by atoms with van der Waals surface area (Å²) in [6.07, 6.45) is 4.71. The second-order valence-electron chi connectivity index (χ2n) is 2.58. The first-order valence-electron chi connectivity index (χ1n) is 3.58. The summed E-state index contributed by atoms with van der Waals surface area (Å²) in [4.78, 5) is 0. The van der Waals surface area contributed by atoms with Gasteiger partial charge in [0.2, 0.25) is 0 Å². The van der Waals surface area contributed by atoms with Crippen LogP contribution in [0.15, 0.2) is 25.3 Å². The maximum absolute atomic E-state index is 8.81. The lowest BCUT2D eigenvalue weighted by molar-refractivity contribution is 0.419. The Morgan fingerprint density at radius 1 is 1.36 bits per heavy atom. The Morgan fingerprint density at radius 2 is 1.82 bits per heavy atom. The van der Waals surface area contributed by atoms with E-state index in [0.717, 1.165) is 0 Å². The van der Waals surface area contributed by atoms with Crippen molar-refractivity contribution in [1.29, 1.82) is 5.26 Å². The van der Waals surface area contributed by atoms with Gasteiger partial charge in [0.05, 0.1) is 11.5 Å². The third kappa shape index (κ3) is 2.57. The van der Waals surface area contributed by atoms with E-state index in [4.69, 9.17) is 11.0 Å². The highest BCUT2D eigenvalue weighted by molar-refractivity contribution is 5.06. The van der Waals surface area contributed by atoms with Gasteiger partial charge < -0.3 is 5.73 Å². The molecular weight excluding hydrogens is 136 g/mol. The van der Waals surface area contributed by atoms with Crippen LogP contribution in [0.1, 0.15) is 12.8 Å². The molecule has 0 aromatic carbocycles. The molecule has 0 amide bonds. The molecule has 0 saturated heterocycles. The van der Waals surface area contributed by atoms with Crippen LogP contribution in [0.2, 0.25) is 0 Å². The average Bonchev–Trinajstić information content (AvgIpc) is 2.04. The fourth-order valence-electron chi connectivity index (χ4n) is 0.940. The molecule has 0 aromatic rings. The maximum atomic E-state index is 8.81. The van der Waals surface area contributed by atoms with E-state index in [0.29, 0.717) is 19.4 Å². The van der Waals surface area contributed by atoms with Gasteiger partial charge in [0.25, 0.3) is 0 Å². The Labute approximate surface area is 68.0 Å². The first-order chi connectivity index (χ1) is 5.24. The maximum Gasteiger partial charge on any atom is 0.0764 e. The Balaban J connectivity index is 4.33. The zero-order valence-corrected chi connectivity index (χ0v) is 6.71. The van der Waals surface area contributed by atoms with Gasteiger partial charge in [-0.2, -0.15) is 5.26 Å².